The smallest absolute Gasteiger partial charge is 0.120 e. The summed E-state index contributed by atoms with van der Waals surface area (Å²) in [6.07, 6.45) is 0. The van der Waals surface area contributed by atoms with Crippen LogP contribution in [-0.2, 0) is 16.6 Å². The van der Waals surface area contributed by atoms with Gasteiger partial charge in [0.25, 0.3) is 0 Å². The Kier molecular flexibility index (Phi) is 4.61. The molecule has 0 radical (unpaired) electrons. The second-order valence-electron chi connectivity index (χ2n) is 4.02. The molecule has 0 saturated carbocycles. The van der Waals surface area contributed by atoms with Crippen LogP contribution >= 0.6 is 15.9 Å². The highest BCUT2D eigenvalue weighted by molar-refractivity contribution is 9.10. The topological polar surface area (TPSA) is 52.3 Å². The molecule has 1 unspecified atom stereocenters. The average molecular weight is 340 g/mol. The van der Waals surface area contributed by atoms with Crippen molar-refractivity contribution in [1.29, 1.82) is 0 Å². The molecule has 2 aromatic rings. The predicted molar refractivity (Wildman–Crippen MR) is 81.7 cm³/mol. The quantitative estimate of drug-likeness (QED) is 0.869. The Morgan fingerprint density at radius 1 is 1.21 bits per heavy atom. The third kappa shape index (κ3) is 3.58. The molecule has 0 amide bonds. The maximum atomic E-state index is 12.4. The van der Waals surface area contributed by atoms with Gasteiger partial charge in [-0.3, -0.25) is 4.21 Å². The molecule has 100 valence electrons. The van der Waals surface area contributed by atoms with Gasteiger partial charge in [-0.25, -0.2) is 0 Å². The monoisotopic (exact) mass is 339 g/mol. The Bertz CT molecular complexity index is 599. The van der Waals surface area contributed by atoms with E-state index in [0.29, 0.717) is 22.1 Å². The van der Waals surface area contributed by atoms with Crippen LogP contribution in [0.25, 0.3) is 0 Å². The Balaban J connectivity index is 2.22. The second kappa shape index (κ2) is 6.21. The fourth-order valence-corrected chi connectivity index (χ4v) is 3.14. The number of methoxy groups -OCH3 is 1. The van der Waals surface area contributed by atoms with E-state index in [2.05, 4.69) is 15.9 Å². The molecule has 0 spiro atoms. The minimum Gasteiger partial charge on any atom is -0.497 e. The summed E-state index contributed by atoms with van der Waals surface area (Å²) in [6.45, 7) is 0. The minimum absolute atomic E-state index is 0.435. The van der Waals surface area contributed by atoms with Gasteiger partial charge in [0, 0.05) is 10.2 Å². The summed E-state index contributed by atoms with van der Waals surface area (Å²) >= 11 is 3.37. The molecule has 0 saturated heterocycles. The summed E-state index contributed by atoms with van der Waals surface area (Å²) in [5, 5.41) is 0. The van der Waals surface area contributed by atoms with Gasteiger partial charge in [-0.05, 0) is 35.9 Å². The first-order valence-electron chi connectivity index (χ1n) is 5.66. The maximum absolute atomic E-state index is 12.4. The van der Waals surface area contributed by atoms with Crippen LogP contribution in [0.2, 0.25) is 0 Å². The molecule has 5 heteroatoms. The number of nitrogens with two attached hydrogens (primary N) is 1. The number of halogens is 1. The van der Waals surface area contributed by atoms with Crippen LogP contribution in [0, 0.1) is 0 Å². The van der Waals surface area contributed by atoms with Crippen molar-refractivity contribution < 1.29 is 8.95 Å². The number of rotatable bonds is 4. The molecule has 2 aromatic carbocycles. The zero-order valence-electron chi connectivity index (χ0n) is 10.4. The van der Waals surface area contributed by atoms with Crippen LogP contribution in [0.1, 0.15) is 5.56 Å². The van der Waals surface area contributed by atoms with Crippen molar-refractivity contribution in [2.24, 2.45) is 0 Å². The highest BCUT2D eigenvalue weighted by Gasteiger charge is 2.10. The molecular weight excluding hydrogens is 326 g/mol. The van der Waals surface area contributed by atoms with Crippen molar-refractivity contribution in [2.75, 3.05) is 12.8 Å². The lowest BCUT2D eigenvalue weighted by Crippen LogP contribution is -2.01. The average Bonchev–Trinajstić information content (AvgIpc) is 2.42. The first-order chi connectivity index (χ1) is 9.10. The molecular formula is C14H14BrNO2S. The number of hydrogen-bond donors (Lipinski definition) is 1. The van der Waals surface area contributed by atoms with Crippen molar-refractivity contribution in [3.8, 4) is 5.75 Å². The number of ether oxygens (including phenoxy) is 1. The first-order valence-corrected chi connectivity index (χ1v) is 7.77. The van der Waals surface area contributed by atoms with E-state index >= 15 is 0 Å². The maximum Gasteiger partial charge on any atom is 0.120 e. The van der Waals surface area contributed by atoms with Crippen molar-refractivity contribution in [3.05, 3.63) is 52.5 Å². The van der Waals surface area contributed by atoms with Crippen LogP contribution < -0.4 is 10.5 Å². The molecule has 0 heterocycles. The van der Waals surface area contributed by atoms with Crippen LogP contribution in [0.3, 0.4) is 0 Å². The lowest BCUT2D eigenvalue weighted by Gasteiger charge is -2.08. The first kappa shape index (κ1) is 14.1. The fraction of sp³-hybridized carbons (Fsp3) is 0.143. The molecule has 19 heavy (non-hydrogen) atoms. The van der Waals surface area contributed by atoms with E-state index in [0.717, 1.165) is 10.0 Å². The third-order valence-corrected chi connectivity index (χ3v) is 4.65. The SMILES string of the molecule is COc1ccc(N)c(S(=O)Cc2ccc(Br)cc2)c1. The molecule has 0 bridgehead atoms. The van der Waals surface area contributed by atoms with Crippen molar-refractivity contribution in [1.82, 2.24) is 0 Å². The molecule has 0 aliphatic carbocycles. The summed E-state index contributed by atoms with van der Waals surface area (Å²) < 4.78 is 18.5. The van der Waals surface area contributed by atoms with Crippen LogP contribution in [0.15, 0.2) is 51.8 Å². The summed E-state index contributed by atoms with van der Waals surface area (Å²) in [6, 6.07) is 13.0. The highest BCUT2D eigenvalue weighted by Crippen LogP contribution is 2.24. The molecule has 2 N–H and O–H groups in total. The molecule has 0 aromatic heterocycles. The predicted octanol–water partition coefficient (Wildman–Crippen LogP) is 3.35. The van der Waals surface area contributed by atoms with E-state index in [1.807, 2.05) is 24.3 Å². The van der Waals surface area contributed by atoms with Gasteiger partial charge < -0.3 is 10.5 Å². The van der Waals surface area contributed by atoms with Gasteiger partial charge in [0.1, 0.15) is 5.75 Å². The van der Waals surface area contributed by atoms with E-state index in [1.54, 1.807) is 25.3 Å². The molecule has 2 rings (SSSR count). The molecule has 0 fully saturated rings. The zero-order chi connectivity index (χ0) is 13.8. The van der Waals surface area contributed by atoms with E-state index < -0.39 is 10.8 Å². The van der Waals surface area contributed by atoms with Crippen LogP contribution in [0.5, 0.6) is 5.75 Å². The lowest BCUT2D eigenvalue weighted by atomic mass is 10.2. The number of nitrogen functional groups attached to an aromatic ring is 1. The Morgan fingerprint density at radius 3 is 2.53 bits per heavy atom. The van der Waals surface area contributed by atoms with Crippen molar-refractivity contribution >= 4 is 32.4 Å². The van der Waals surface area contributed by atoms with Gasteiger partial charge in [0.2, 0.25) is 0 Å². The van der Waals surface area contributed by atoms with E-state index in [9.17, 15) is 4.21 Å². The van der Waals surface area contributed by atoms with Crippen LogP contribution in [-0.4, -0.2) is 11.3 Å². The largest absolute Gasteiger partial charge is 0.497 e. The summed E-state index contributed by atoms with van der Waals surface area (Å²) in [5.41, 5.74) is 7.39. The zero-order valence-corrected chi connectivity index (χ0v) is 12.8. The van der Waals surface area contributed by atoms with E-state index in [4.69, 9.17) is 10.5 Å². The highest BCUT2D eigenvalue weighted by atomic mass is 79.9. The fourth-order valence-electron chi connectivity index (χ4n) is 1.65. The summed E-state index contributed by atoms with van der Waals surface area (Å²) in [7, 11) is 0.392. The molecule has 3 nitrogen and oxygen atoms in total. The van der Waals surface area contributed by atoms with Crippen LogP contribution in [0.4, 0.5) is 5.69 Å². The van der Waals surface area contributed by atoms with Gasteiger partial charge in [0.15, 0.2) is 0 Å². The number of hydrogen-bond acceptors (Lipinski definition) is 3. The third-order valence-electron chi connectivity index (χ3n) is 2.68. The molecule has 1 atom stereocenters. The van der Waals surface area contributed by atoms with Crippen molar-refractivity contribution in [2.45, 2.75) is 10.6 Å². The van der Waals surface area contributed by atoms with Gasteiger partial charge >= 0.3 is 0 Å². The Morgan fingerprint density at radius 2 is 1.89 bits per heavy atom. The lowest BCUT2D eigenvalue weighted by molar-refractivity contribution is 0.413. The van der Waals surface area contributed by atoms with Gasteiger partial charge in [-0.1, -0.05) is 28.1 Å². The molecule has 0 aliphatic rings. The minimum atomic E-state index is -1.18. The standard InChI is InChI=1S/C14H14BrNO2S/c1-18-12-6-7-13(16)14(8-12)19(17)9-10-2-4-11(15)5-3-10/h2-8H,9,16H2,1H3. The van der Waals surface area contributed by atoms with Crippen molar-refractivity contribution in [3.63, 3.8) is 0 Å². The summed E-state index contributed by atoms with van der Waals surface area (Å²) in [4.78, 5) is 0.613. The van der Waals surface area contributed by atoms with Gasteiger partial charge in [0.05, 0.1) is 28.6 Å². The van der Waals surface area contributed by atoms with Gasteiger partial charge in [-0.15, -0.1) is 0 Å². The normalized spacial score (nSPS) is 12.1. The van der Waals surface area contributed by atoms with E-state index in [-0.39, 0.29) is 0 Å². The Labute approximate surface area is 123 Å². The molecule has 0 aliphatic heterocycles. The Hall–Kier alpha value is -1.33. The van der Waals surface area contributed by atoms with Gasteiger partial charge in [-0.2, -0.15) is 0 Å². The number of anilines is 1. The number of benzene rings is 2. The second-order valence-corrected chi connectivity index (χ2v) is 6.36. The summed E-state index contributed by atoms with van der Waals surface area (Å²) in [5.74, 6) is 1.10. The van der Waals surface area contributed by atoms with E-state index in [1.165, 1.54) is 0 Å².